The molecule has 0 N–H and O–H groups in total. The highest BCUT2D eigenvalue weighted by Crippen LogP contribution is 2.02. The fourth-order valence-corrected chi connectivity index (χ4v) is 1.36. The van der Waals surface area contributed by atoms with Gasteiger partial charge in [-0.2, -0.15) is 0 Å². The van der Waals surface area contributed by atoms with Gasteiger partial charge in [0.2, 0.25) is 0 Å². The van der Waals surface area contributed by atoms with Gasteiger partial charge in [-0.05, 0) is 5.92 Å². The van der Waals surface area contributed by atoms with Gasteiger partial charge in [0.05, 0.1) is 33.4 Å². The summed E-state index contributed by atoms with van der Waals surface area (Å²) in [4.78, 5) is 10.6. The van der Waals surface area contributed by atoms with Crippen LogP contribution < -0.4 is 0 Å². The number of nitrogens with zero attached hydrogens (tertiary/aromatic N) is 1. The van der Waals surface area contributed by atoms with E-state index in [-0.39, 0.29) is 5.12 Å². The highest BCUT2D eigenvalue weighted by molar-refractivity contribution is 8.14. The number of terminal acetylenes is 1. The van der Waals surface area contributed by atoms with Gasteiger partial charge >= 0.3 is 0 Å². The number of thioether (sulfide) groups is 1. The molecule has 0 heterocycles. The first kappa shape index (κ1) is 10.5. The van der Waals surface area contributed by atoms with E-state index >= 15 is 0 Å². The lowest BCUT2D eigenvalue weighted by Crippen LogP contribution is -2.36. The van der Waals surface area contributed by atoms with Crippen molar-refractivity contribution in [2.75, 3.05) is 33.4 Å². The van der Waals surface area contributed by atoms with Crippen molar-refractivity contribution in [2.24, 2.45) is 0 Å². The Hall–Kier alpha value is -0.460. The lowest BCUT2D eigenvalue weighted by atomic mass is 10.6. The Bertz CT molecular complexity index is 176. The molecule has 0 aromatic carbocycles. The van der Waals surface area contributed by atoms with E-state index < -0.39 is 0 Å². The van der Waals surface area contributed by atoms with Gasteiger partial charge in [0.25, 0.3) is 5.12 Å². The Morgan fingerprint density at radius 1 is 1.55 bits per heavy atom. The molecule has 0 bridgehead atoms. The zero-order valence-electron chi connectivity index (χ0n) is 7.26. The fraction of sp³-hybridized carbons (Fsp3) is 0.625. The number of quaternary nitrogens is 1. The molecule has 0 amide bonds. The van der Waals surface area contributed by atoms with Gasteiger partial charge in [-0.25, -0.2) is 0 Å². The molecular formula is C8H14NOS+. The summed E-state index contributed by atoms with van der Waals surface area (Å²) in [7, 11) is 6.25. The smallest absolute Gasteiger partial charge is 0.262 e. The van der Waals surface area contributed by atoms with Crippen molar-refractivity contribution in [3.05, 3.63) is 0 Å². The van der Waals surface area contributed by atoms with Crippen LogP contribution in [0, 0.1) is 12.3 Å². The Morgan fingerprint density at radius 2 is 2.09 bits per heavy atom. The average molecular weight is 172 g/mol. The van der Waals surface area contributed by atoms with Gasteiger partial charge in [-0.1, -0.05) is 11.8 Å². The maximum absolute atomic E-state index is 10.6. The second-order valence-corrected chi connectivity index (χ2v) is 4.36. The Labute approximate surface area is 72.5 Å². The largest absolute Gasteiger partial charge is 0.330 e. The van der Waals surface area contributed by atoms with E-state index in [4.69, 9.17) is 6.42 Å². The summed E-state index contributed by atoms with van der Waals surface area (Å²) < 4.78 is 0.866. The highest BCUT2D eigenvalue weighted by atomic mass is 32.2. The Morgan fingerprint density at radius 3 is 2.45 bits per heavy atom. The number of carbonyl (C=O) groups is 1. The molecule has 0 aromatic rings. The van der Waals surface area contributed by atoms with Crippen LogP contribution in [0.5, 0.6) is 0 Å². The van der Waals surface area contributed by atoms with Crippen molar-refractivity contribution >= 4 is 16.9 Å². The molecule has 3 heteroatoms. The van der Waals surface area contributed by atoms with E-state index in [0.29, 0.717) is 0 Å². The van der Waals surface area contributed by atoms with E-state index in [0.717, 1.165) is 16.8 Å². The van der Waals surface area contributed by atoms with Gasteiger partial charge in [-0.3, -0.25) is 4.79 Å². The third kappa shape index (κ3) is 7.44. The maximum atomic E-state index is 10.6. The molecule has 2 nitrogen and oxygen atoms in total. The minimum atomic E-state index is -0.168. The van der Waals surface area contributed by atoms with Crippen LogP contribution in [-0.2, 0) is 4.79 Å². The predicted molar refractivity (Wildman–Crippen MR) is 49.2 cm³/mol. The number of hydrogen-bond acceptors (Lipinski definition) is 2. The van der Waals surface area contributed by atoms with Crippen molar-refractivity contribution in [1.29, 1.82) is 0 Å². The van der Waals surface area contributed by atoms with Crippen molar-refractivity contribution in [3.8, 4) is 12.3 Å². The van der Waals surface area contributed by atoms with Crippen LogP contribution in [0.3, 0.4) is 0 Å². The molecule has 0 saturated heterocycles. The lowest BCUT2D eigenvalue weighted by molar-refractivity contribution is -0.867. The third-order valence-electron chi connectivity index (χ3n) is 1.11. The summed E-state index contributed by atoms with van der Waals surface area (Å²) >= 11 is 1.21. The van der Waals surface area contributed by atoms with E-state index in [9.17, 15) is 4.79 Å². The molecule has 62 valence electrons. The van der Waals surface area contributed by atoms with Crippen LogP contribution in [0.4, 0.5) is 0 Å². The van der Waals surface area contributed by atoms with E-state index in [1.54, 1.807) is 0 Å². The summed E-state index contributed by atoms with van der Waals surface area (Å²) in [5.41, 5.74) is 0. The summed E-state index contributed by atoms with van der Waals surface area (Å²) in [6.45, 7) is 0.956. The normalized spacial score (nSPS) is 10.7. The van der Waals surface area contributed by atoms with Gasteiger partial charge in [0.15, 0.2) is 0 Å². The summed E-state index contributed by atoms with van der Waals surface area (Å²) in [5, 5.41) is -0.168. The van der Waals surface area contributed by atoms with Crippen molar-refractivity contribution in [3.63, 3.8) is 0 Å². The third-order valence-corrected chi connectivity index (χ3v) is 1.88. The van der Waals surface area contributed by atoms with Gasteiger partial charge in [-0.15, -0.1) is 6.42 Å². The van der Waals surface area contributed by atoms with Crippen LogP contribution >= 0.6 is 11.8 Å². The monoisotopic (exact) mass is 172 g/mol. The molecule has 0 aliphatic carbocycles. The molecule has 0 aromatic heterocycles. The topological polar surface area (TPSA) is 17.1 Å². The molecule has 0 aliphatic heterocycles. The molecule has 0 rings (SSSR count). The van der Waals surface area contributed by atoms with E-state index in [1.807, 2.05) is 0 Å². The molecular weight excluding hydrogens is 158 g/mol. The Balaban J connectivity index is 3.45. The first-order chi connectivity index (χ1) is 4.95. The zero-order chi connectivity index (χ0) is 8.91. The van der Waals surface area contributed by atoms with Gasteiger partial charge in [0, 0.05) is 0 Å². The standard InChI is InChI=1S/C8H14NOS/c1-5-8(10)11-7-6-9(2,3)4/h1H,6-7H2,2-4H3/q+1. The predicted octanol–water partition coefficient (Wildman–Crippen LogP) is 0.586. The van der Waals surface area contributed by atoms with Gasteiger partial charge in [0.1, 0.15) is 0 Å². The highest BCUT2D eigenvalue weighted by Gasteiger charge is 2.07. The van der Waals surface area contributed by atoms with Crippen molar-refractivity contribution in [2.45, 2.75) is 0 Å². The van der Waals surface area contributed by atoms with Crippen molar-refractivity contribution in [1.82, 2.24) is 0 Å². The molecule has 0 radical (unpaired) electrons. The summed E-state index contributed by atoms with van der Waals surface area (Å²) in [6.07, 6.45) is 4.90. The molecule has 0 atom stereocenters. The fourth-order valence-electron chi connectivity index (χ4n) is 0.454. The van der Waals surface area contributed by atoms with E-state index in [2.05, 4.69) is 27.1 Å². The van der Waals surface area contributed by atoms with E-state index in [1.165, 1.54) is 11.8 Å². The number of hydrogen-bond donors (Lipinski definition) is 0. The van der Waals surface area contributed by atoms with Crippen LogP contribution in [-0.4, -0.2) is 43.0 Å². The average Bonchev–Trinajstić information content (AvgIpc) is 1.85. The molecule has 0 unspecified atom stereocenters. The summed E-state index contributed by atoms with van der Waals surface area (Å²) in [6, 6.07) is 0. The lowest BCUT2D eigenvalue weighted by Gasteiger charge is -2.22. The van der Waals surface area contributed by atoms with Crippen LogP contribution in [0.25, 0.3) is 0 Å². The SMILES string of the molecule is C#CC(=O)SCC[N+](C)(C)C. The second kappa shape index (κ2) is 4.42. The first-order valence-electron chi connectivity index (χ1n) is 3.39. The minimum Gasteiger partial charge on any atom is -0.330 e. The van der Waals surface area contributed by atoms with Crippen LogP contribution in [0.1, 0.15) is 0 Å². The molecule has 0 aliphatic rings. The summed E-state index contributed by atoms with van der Waals surface area (Å²) in [5.74, 6) is 2.87. The van der Waals surface area contributed by atoms with Crippen LogP contribution in [0.2, 0.25) is 0 Å². The minimum absolute atomic E-state index is 0.168. The first-order valence-corrected chi connectivity index (χ1v) is 4.38. The van der Waals surface area contributed by atoms with Gasteiger partial charge < -0.3 is 4.48 Å². The zero-order valence-corrected chi connectivity index (χ0v) is 8.07. The number of rotatable bonds is 3. The molecule has 0 fully saturated rings. The van der Waals surface area contributed by atoms with Crippen LogP contribution in [0.15, 0.2) is 0 Å². The second-order valence-electron chi connectivity index (χ2n) is 3.29. The number of carbonyl (C=O) groups excluding carboxylic acids is 1. The molecule has 11 heavy (non-hydrogen) atoms. The Kier molecular flexibility index (Phi) is 4.24. The molecule has 0 spiro atoms. The van der Waals surface area contributed by atoms with Crippen molar-refractivity contribution < 1.29 is 9.28 Å². The molecule has 0 saturated carbocycles. The maximum Gasteiger partial charge on any atom is 0.262 e. The quantitative estimate of drug-likeness (QED) is 0.458.